The Morgan fingerprint density at radius 1 is 1.27 bits per heavy atom. The smallest absolute Gasteiger partial charge is 0.139 e. The predicted octanol–water partition coefficient (Wildman–Crippen LogP) is 3.20. The quantitative estimate of drug-likeness (QED) is 0.773. The molecule has 2 heterocycles. The Labute approximate surface area is 90.6 Å². The van der Waals surface area contributed by atoms with Crippen LogP contribution in [0.1, 0.15) is 26.0 Å². The van der Waals surface area contributed by atoms with E-state index in [1.165, 1.54) is 6.42 Å². The molecule has 80 valence electrons. The standard InChI is InChI=1S/C9H9N3.C3H8/c1-7-5-11-9(12-7)8-3-2-4-10-6-8;1-3-2/h2-6H,1H3,(H,11,12);3H2,1-2H3. The van der Waals surface area contributed by atoms with Gasteiger partial charge in [0, 0.05) is 29.8 Å². The van der Waals surface area contributed by atoms with Crippen LogP contribution in [0.15, 0.2) is 30.7 Å². The number of rotatable bonds is 1. The Kier molecular flexibility index (Phi) is 4.54. The summed E-state index contributed by atoms with van der Waals surface area (Å²) in [4.78, 5) is 11.3. The number of aromatic nitrogens is 3. The van der Waals surface area contributed by atoms with Crippen LogP contribution in [0.2, 0.25) is 0 Å². The summed E-state index contributed by atoms with van der Waals surface area (Å²) in [5, 5.41) is 0. The molecule has 3 nitrogen and oxygen atoms in total. The fourth-order valence-corrected chi connectivity index (χ4v) is 1.06. The number of H-pyrrole nitrogens is 1. The average molecular weight is 203 g/mol. The summed E-state index contributed by atoms with van der Waals surface area (Å²) in [6.07, 6.45) is 6.60. The van der Waals surface area contributed by atoms with Crippen LogP contribution in [0.3, 0.4) is 0 Å². The van der Waals surface area contributed by atoms with Gasteiger partial charge in [0.05, 0.1) is 0 Å². The van der Waals surface area contributed by atoms with Gasteiger partial charge in [-0.25, -0.2) is 4.98 Å². The average Bonchev–Trinajstić information content (AvgIpc) is 2.67. The highest BCUT2D eigenvalue weighted by atomic mass is 14.9. The van der Waals surface area contributed by atoms with Gasteiger partial charge in [0.15, 0.2) is 0 Å². The highest BCUT2D eigenvalue weighted by Crippen LogP contribution is 2.12. The molecule has 0 fully saturated rings. The van der Waals surface area contributed by atoms with Crippen molar-refractivity contribution in [3.8, 4) is 11.4 Å². The lowest BCUT2D eigenvalue weighted by Crippen LogP contribution is -1.80. The minimum Gasteiger partial charge on any atom is -0.342 e. The number of imidazole rings is 1. The zero-order chi connectivity index (χ0) is 11.1. The summed E-state index contributed by atoms with van der Waals surface area (Å²) in [6.45, 7) is 6.23. The van der Waals surface area contributed by atoms with E-state index in [1.54, 1.807) is 12.4 Å². The molecule has 3 heteroatoms. The van der Waals surface area contributed by atoms with Crippen LogP contribution in [0.4, 0.5) is 0 Å². The molecular formula is C12H17N3. The molecule has 0 spiro atoms. The highest BCUT2D eigenvalue weighted by molar-refractivity contribution is 5.52. The number of aromatic amines is 1. The Balaban J connectivity index is 0.000000337. The van der Waals surface area contributed by atoms with Crippen LogP contribution in [-0.4, -0.2) is 15.0 Å². The molecule has 0 bridgehead atoms. The number of nitrogens with one attached hydrogen (secondary N) is 1. The Hall–Kier alpha value is -1.64. The number of aryl methyl sites for hydroxylation is 1. The summed E-state index contributed by atoms with van der Waals surface area (Å²) >= 11 is 0. The van der Waals surface area contributed by atoms with Gasteiger partial charge in [0.1, 0.15) is 5.82 Å². The number of hydrogen-bond acceptors (Lipinski definition) is 2. The van der Waals surface area contributed by atoms with Crippen molar-refractivity contribution >= 4 is 0 Å². The van der Waals surface area contributed by atoms with Gasteiger partial charge < -0.3 is 4.98 Å². The maximum Gasteiger partial charge on any atom is 0.139 e. The van der Waals surface area contributed by atoms with E-state index >= 15 is 0 Å². The van der Waals surface area contributed by atoms with E-state index in [2.05, 4.69) is 28.8 Å². The molecule has 0 radical (unpaired) electrons. The molecule has 0 aliphatic heterocycles. The van der Waals surface area contributed by atoms with E-state index in [9.17, 15) is 0 Å². The molecule has 2 aromatic rings. The lowest BCUT2D eigenvalue weighted by atomic mass is 10.3. The van der Waals surface area contributed by atoms with Gasteiger partial charge in [-0.05, 0) is 19.1 Å². The maximum absolute atomic E-state index is 4.19. The molecule has 1 N–H and O–H groups in total. The number of nitrogens with zero attached hydrogens (tertiary/aromatic N) is 2. The van der Waals surface area contributed by atoms with Gasteiger partial charge in [0.2, 0.25) is 0 Å². The summed E-state index contributed by atoms with van der Waals surface area (Å²) in [5.74, 6) is 0.876. The minimum atomic E-state index is 0.876. The van der Waals surface area contributed by atoms with Gasteiger partial charge in [-0.3, -0.25) is 4.98 Å². The second-order valence-electron chi connectivity index (χ2n) is 3.36. The van der Waals surface area contributed by atoms with E-state index in [0.717, 1.165) is 17.1 Å². The molecule has 0 aliphatic carbocycles. The molecule has 2 rings (SSSR count). The Morgan fingerprint density at radius 2 is 2.00 bits per heavy atom. The first-order valence-electron chi connectivity index (χ1n) is 5.20. The topological polar surface area (TPSA) is 41.6 Å². The lowest BCUT2D eigenvalue weighted by molar-refractivity contribution is 1.09. The van der Waals surface area contributed by atoms with Crippen LogP contribution in [0.25, 0.3) is 11.4 Å². The van der Waals surface area contributed by atoms with E-state index < -0.39 is 0 Å². The van der Waals surface area contributed by atoms with E-state index in [4.69, 9.17) is 0 Å². The third kappa shape index (κ3) is 3.54. The van der Waals surface area contributed by atoms with Crippen molar-refractivity contribution in [1.29, 1.82) is 0 Å². The van der Waals surface area contributed by atoms with Crippen LogP contribution in [-0.2, 0) is 0 Å². The van der Waals surface area contributed by atoms with E-state index in [0.29, 0.717) is 0 Å². The molecule has 15 heavy (non-hydrogen) atoms. The van der Waals surface area contributed by atoms with Gasteiger partial charge in [-0.15, -0.1) is 0 Å². The molecule has 0 aromatic carbocycles. The van der Waals surface area contributed by atoms with E-state index in [1.807, 2.05) is 25.3 Å². The molecular weight excluding hydrogens is 186 g/mol. The van der Waals surface area contributed by atoms with Gasteiger partial charge in [-0.2, -0.15) is 0 Å². The molecule has 0 saturated heterocycles. The molecule has 0 saturated carbocycles. The van der Waals surface area contributed by atoms with Crippen LogP contribution in [0.5, 0.6) is 0 Å². The van der Waals surface area contributed by atoms with Crippen molar-refractivity contribution in [1.82, 2.24) is 15.0 Å². The Morgan fingerprint density at radius 3 is 2.47 bits per heavy atom. The van der Waals surface area contributed by atoms with Crippen LogP contribution < -0.4 is 0 Å². The minimum absolute atomic E-state index is 0.876. The fourth-order valence-electron chi connectivity index (χ4n) is 1.06. The first-order valence-corrected chi connectivity index (χ1v) is 5.20. The van der Waals surface area contributed by atoms with Crippen molar-refractivity contribution < 1.29 is 0 Å². The predicted molar refractivity (Wildman–Crippen MR) is 62.5 cm³/mol. The zero-order valence-corrected chi connectivity index (χ0v) is 9.49. The van der Waals surface area contributed by atoms with Crippen molar-refractivity contribution in [3.63, 3.8) is 0 Å². The largest absolute Gasteiger partial charge is 0.342 e. The summed E-state index contributed by atoms with van der Waals surface area (Å²) in [5.41, 5.74) is 2.08. The number of pyridine rings is 1. The lowest BCUT2D eigenvalue weighted by Gasteiger charge is -1.92. The third-order valence-electron chi connectivity index (χ3n) is 1.64. The van der Waals surface area contributed by atoms with E-state index in [-0.39, 0.29) is 0 Å². The second kappa shape index (κ2) is 5.96. The SMILES string of the molecule is CCC.Cc1cnc(-c2cccnc2)[nH]1. The van der Waals surface area contributed by atoms with Crippen molar-refractivity contribution in [2.24, 2.45) is 0 Å². The zero-order valence-electron chi connectivity index (χ0n) is 9.49. The first-order chi connectivity index (χ1) is 7.27. The Bertz CT molecular complexity index is 379. The summed E-state index contributed by atoms with van der Waals surface area (Å²) < 4.78 is 0. The van der Waals surface area contributed by atoms with Gasteiger partial charge in [-0.1, -0.05) is 20.3 Å². The van der Waals surface area contributed by atoms with Gasteiger partial charge in [0.25, 0.3) is 0 Å². The second-order valence-corrected chi connectivity index (χ2v) is 3.36. The molecule has 0 unspecified atom stereocenters. The van der Waals surface area contributed by atoms with Gasteiger partial charge >= 0.3 is 0 Å². The normalized spacial score (nSPS) is 9.27. The summed E-state index contributed by atoms with van der Waals surface area (Å²) in [7, 11) is 0. The molecule has 0 amide bonds. The maximum atomic E-state index is 4.19. The molecule has 2 aromatic heterocycles. The van der Waals surface area contributed by atoms with Crippen LogP contribution in [0, 0.1) is 6.92 Å². The number of hydrogen-bond donors (Lipinski definition) is 1. The molecule has 0 aliphatic rings. The van der Waals surface area contributed by atoms with Crippen molar-refractivity contribution in [3.05, 3.63) is 36.4 Å². The summed E-state index contributed by atoms with van der Waals surface area (Å²) in [6, 6.07) is 3.87. The van der Waals surface area contributed by atoms with Crippen molar-refractivity contribution in [2.45, 2.75) is 27.2 Å². The van der Waals surface area contributed by atoms with Crippen molar-refractivity contribution in [2.75, 3.05) is 0 Å². The molecule has 0 atom stereocenters. The highest BCUT2D eigenvalue weighted by Gasteiger charge is 1.98. The first kappa shape index (κ1) is 11.4. The third-order valence-corrected chi connectivity index (χ3v) is 1.64. The fraction of sp³-hybridized carbons (Fsp3) is 0.333. The van der Waals surface area contributed by atoms with Crippen LogP contribution >= 0.6 is 0 Å². The monoisotopic (exact) mass is 203 g/mol.